The van der Waals surface area contributed by atoms with Gasteiger partial charge in [-0.05, 0) is 42.2 Å². The van der Waals surface area contributed by atoms with Crippen molar-refractivity contribution in [1.82, 2.24) is 5.32 Å². The number of phenols is 2. The third kappa shape index (κ3) is 3.69. The Morgan fingerprint density at radius 1 is 1.10 bits per heavy atom. The van der Waals surface area contributed by atoms with Crippen molar-refractivity contribution < 1.29 is 15.0 Å². The molecule has 21 heavy (non-hydrogen) atoms. The number of nitrogens with one attached hydrogen (secondary N) is 1. The Bertz CT molecular complexity index is 513. The average molecular weight is 291 g/mol. The quantitative estimate of drug-likeness (QED) is 0.782. The first-order valence-electron chi connectivity index (χ1n) is 7.41. The number of benzene rings is 1. The lowest BCUT2D eigenvalue weighted by Gasteiger charge is -2.45. The van der Waals surface area contributed by atoms with Gasteiger partial charge < -0.3 is 15.5 Å². The number of hydrogen-bond donors (Lipinski definition) is 3. The van der Waals surface area contributed by atoms with Crippen LogP contribution in [0.15, 0.2) is 18.2 Å². The molecular weight excluding hydrogens is 266 g/mol. The number of rotatable bonds is 2. The predicted octanol–water partition coefficient (Wildman–Crippen LogP) is 3.43. The van der Waals surface area contributed by atoms with E-state index in [1.807, 2.05) is 0 Å². The molecule has 1 fully saturated rings. The lowest BCUT2D eigenvalue weighted by Crippen LogP contribution is -2.46. The smallest absolute Gasteiger partial charge is 0.259 e. The van der Waals surface area contributed by atoms with Gasteiger partial charge in [0.2, 0.25) is 0 Å². The van der Waals surface area contributed by atoms with Gasteiger partial charge in [0.15, 0.2) is 0 Å². The molecule has 0 saturated heterocycles. The van der Waals surface area contributed by atoms with E-state index in [1.165, 1.54) is 18.2 Å². The van der Waals surface area contributed by atoms with Crippen LogP contribution in [-0.4, -0.2) is 22.2 Å². The Balaban J connectivity index is 2.16. The Morgan fingerprint density at radius 3 is 2.05 bits per heavy atom. The maximum Gasteiger partial charge on any atom is 0.259 e. The molecule has 0 aromatic heterocycles. The molecule has 4 nitrogen and oxygen atoms in total. The second kappa shape index (κ2) is 5.24. The minimum absolute atomic E-state index is 0.0429. The minimum Gasteiger partial charge on any atom is -0.507 e. The van der Waals surface area contributed by atoms with Crippen molar-refractivity contribution in [2.24, 2.45) is 10.8 Å². The maximum absolute atomic E-state index is 12.3. The number of aromatic hydroxyl groups is 2. The number of carbonyl (C=O) groups excluding carboxylic acids is 1. The molecule has 0 heterocycles. The fourth-order valence-electron chi connectivity index (χ4n) is 3.97. The summed E-state index contributed by atoms with van der Waals surface area (Å²) in [5.41, 5.74) is 0.291. The van der Waals surface area contributed by atoms with Gasteiger partial charge in [0.25, 0.3) is 5.91 Å². The van der Waals surface area contributed by atoms with Crippen molar-refractivity contribution in [2.75, 3.05) is 0 Å². The van der Waals surface area contributed by atoms with E-state index in [0.717, 1.165) is 19.3 Å². The van der Waals surface area contributed by atoms with Crippen LogP contribution in [0.4, 0.5) is 0 Å². The van der Waals surface area contributed by atoms with Gasteiger partial charge in [0.05, 0.1) is 0 Å². The monoisotopic (exact) mass is 291 g/mol. The summed E-state index contributed by atoms with van der Waals surface area (Å²) in [6.07, 6.45) is 2.92. The highest BCUT2D eigenvalue weighted by molar-refractivity contribution is 5.99. The molecule has 0 radical (unpaired) electrons. The van der Waals surface area contributed by atoms with Crippen LogP contribution in [0.1, 0.15) is 57.3 Å². The molecule has 116 valence electrons. The number of phenolic OH excluding ortho intramolecular Hbond substituents is 2. The van der Waals surface area contributed by atoms with Gasteiger partial charge in [0, 0.05) is 6.04 Å². The van der Waals surface area contributed by atoms with E-state index >= 15 is 0 Å². The summed E-state index contributed by atoms with van der Waals surface area (Å²) in [6, 6.07) is 4.37. The van der Waals surface area contributed by atoms with E-state index in [2.05, 4.69) is 33.0 Å². The van der Waals surface area contributed by atoms with Crippen LogP contribution in [0.3, 0.4) is 0 Å². The summed E-state index contributed by atoms with van der Waals surface area (Å²) in [7, 11) is 0. The van der Waals surface area contributed by atoms with Gasteiger partial charge in [-0.1, -0.05) is 33.8 Å². The summed E-state index contributed by atoms with van der Waals surface area (Å²) in [5, 5.41) is 22.5. The van der Waals surface area contributed by atoms with E-state index < -0.39 is 5.91 Å². The maximum atomic E-state index is 12.3. The van der Waals surface area contributed by atoms with Crippen LogP contribution in [-0.2, 0) is 0 Å². The first-order chi connectivity index (χ1) is 9.60. The van der Waals surface area contributed by atoms with Crippen LogP contribution in [0.25, 0.3) is 0 Å². The van der Waals surface area contributed by atoms with Crippen molar-refractivity contribution in [3.8, 4) is 11.5 Å². The molecule has 0 bridgehead atoms. The highest BCUT2D eigenvalue weighted by Gasteiger charge is 2.39. The first-order valence-corrected chi connectivity index (χ1v) is 7.41. The van der Waals surface area contributed by atoms with E-state index in [1.54, 1.807) is 0 Å². The third-order valence-corrected chi connectivity index (χ3v) is 4.14. The second-order valence-corrected chi connectivity index (χ2v) is 7.76. The number of amides is 1. The van der Waals surface area contributed by atoms with Crippen molar-refractivity contribution in [3.05, 3.63) is 23.8 Å². The van der Waals surface area contributed by atoms with Crippen molar-refractivity contribution >= 4 is 5.91 Å². The van der Waals surface area contributed by atoms with E-state index in [0.29, 0.717) is 0 Å². The molecule has 1 aliphatic carbocycles. The molecule has 2 rings (SSSR count). The molecule has 0 spiro atoms. The molecule has 3 N–H and O–H groups in total. The Morgan fingerprint density at radius 2 is 1.57 bits per heavy atom. The molecular formula is C17H25NO3. The minimum atomic E-state index is -0.413. The van der Waals surface area contributed by atoms with E-state index in [-0.39, 0.29) is 33.9 Å². The number of carbonyl (C=O) groups is 1. The Hall–Kier alpha value is -1.71. The fraction of sp³-hybridized carbons (Fsp3) is 0.588. The zero-order chi connectivity index (χ0) is 15.8. The molecule has 0 unspecified atom stereocenters. The molecule has 4 heteroatoms. The molecule has 1 saturated carbocycles. The van der Waals surface area contributed by atoms with Crippen molar-refractivity contribution in [2.45, 2.75) is 53.0 Å². The molecule has 1 aliphatic rings. The number of hydrogen-bond acceptors (Lipinski definition) is 3. The second-order valence-electron chi connectivity index (χ2n) is 7.76. The highest BCUT2D eigenvalue weighted by atomic mass is 16.3. The lowest BCUT2D eigenvalue weighted by atomic mass is 9.63. The summed E-state index contributed by atoms with van der Waals surface area (Å²) in [6.45, 7) is 8.85. The molecule has 0 atom stereocenters. The van der Waals surface area contributed by atoms with Gasteiger partial charge in [-0.2, -0.15) is 0 Å². The summed E-state index contributed by atoms with van der Waals surface area (Å²) < 4.78 is 0. The van der Waals surface area contributed by atoms with Crippen LogP contribution in [0.2, 0.25) is 0 Å². The average Bonchev–Trinajstić information content (AvgIpc) is 2.23. The Kier molecular flexibility index (Phi) is 3.91. The van der Waals surface area contributed by atoms with Gasteiger partial charge in [-0.3, -0.25) is 4.79 Å². The molecule has 1 amide bonds. The van der Waals surface area contributed by atoms with Crippen LogP contribution in [0.5, 0.6) is 11.5 Å². The highest BCUT2D eigenvalue weighted by Crippen LogP contribution is 2.45. The van der Waals surface area contributed by atoms with Crippen molar-refractivity contribution in [1.29, 1.82) is 0 Å². The van der Waals surface area contributed by atoms with Crippen molar-refractivity contribution in [3.63, 3.8) is 0 Å². The van der Waals surface area contributed by atoms with Gasteiger partial charge in [-0.25, -0.2) is 0 Å². The largest absolute Gasteiger partial charge is 0.507 e. The zero-order valence-corrected chi connectivity index (χ0v) is 13.2. The topological polar surface area (TPSA) is 69.6 Å². The summed E-state index contributed by atoms with van der Waals surface area (Å²) >= 11 is 0. The lowest BCUT2D eigenvalue weighted by molar-refractivity contribution is 0.0711. The molecule has 1 aromatic rings. The SMILES string of the molecule is CC1(C)CC(NC(=O)c2c(O)cccc2O)CC(C)(C)C1. The van der Waals surface area contributed by atoms with Gasteiger partial charge in [-0.15, -0.1) is 0 Å². The fourth-order valence-corrected chi connectivity index (χ4v) is 3.97. The first kappa shape index (κ1) is 15.7. The summed E-state index contributed by atoms with van der Waals surface area (Å²) in [5.74, 6) is -0.798. The Labute approximate surface area is 126 Å². The molecule has 1 aromatic carbocycles. The van der Waals surface area contributed by atoms with E-state index in [9.17, 15) is 15.0 Å². The van der Waals surface area contributed by atoms with Crippen LogP contribution in [0, 0.1) is 10.8 Å². The standard InChI is InChI=1S/C17H25NO3/c1-16(2)8-11(9-17(3,4)10-16)18-15(21)14-12(19)6-5-7-13(14)20/h5-7,11,19-20H,8-10H2,1-4H3,(H,18,21). The third-order valence-electron chi connectivity index (χ3n) is 4.14. The van der Waals surface area contributed by atoms with Crippen LogP contribution >= 0.6 is 0 Å². The predicted molar refractivity (Wildman–Crippen MR) is 82.4 cm³/mol. The summed E-state index contributed by atoms with van der Waals surface area (Å²) in [4.78, 5) is 12.3. The van der Waals surface area contributed by atoms with Gasteiger partial charge in [0.1, 0.15) is 17.1 Å². The molecule has 0 aliphatic heterocycles. The zero-order valence-electron chi connectivity index (χ0n) is 13.2. The van der Waals surface area contributed by atoms with E-state index in [4.69, 9.17) is 0 Å². The normalized spacial score (nSPS) is 21.0. The van der Waals surface area contributed by atoms with Crippen LogP contribution < -0.4 is 5.32 Å². The van der Waals surface area contributed by atoms with Gasteiger partial charge >= 0.3 is 0 Å².